The molecule has 0 unspecified atom stereocenters. The lowest BCUT2D eigenvalue weighted by Gasteiger charge is -2.25. The second-order valence-corrected chi connectivity index (χ2v) is 9.08. The monoisotopic (exact) mass is 477 g/mol. The largest absolute Gasteiger partial charge is 0.325 e. The van der Waals surface area contributed by atoms with Crippen LogP contribution in [0.2, 0.25) is 10.0 Å². The number of carbonyl (C=O) groups is 2. The molecule has 1 atom stereocenters. The highest BCUT2D eigenvalue weighted by atomic mass is 35.5. The van der Waals surface area contributed by atoms with Gasteiger partial charge in [-0.25, -0.2) is 0 Å². The topological polar surface area (TPSA) is 82.0 Å². The van der Waals surface area contributed by atoms with Gasteiger partial charge in [0.2, 0.25) is 11.8 Å². The Kier molecular flexibility index (Phi) is 7.73. The van der Waals surface area contributed by atoms with Gasteiger partial charge >= 0.3 is 0 Å². The van der Waals surface area contributed by atoms with Crippen LogP contribution < -0.4 is 10.6 Å². The Morgan fingerprint density at radius 1 is 1.23 bits per heavy atom. The number of benzene rings is 2. The van der Waals surface area contributed by atoms with E-state index in [4.69, 9.17) is 23.2 Å². The molecule has 1 heterocycles. The predicted molar refractivity (Wildman–Crippen MR) is 124 cm³/mol. The summed E-state index contributed by atoms with van der Waals surface area (Å²) in [5, 5.41) is 16.3. The van der Waals surface area contributed by atoms with Crippen molar-refractivity contribution >= 4 is 64.2 Å². The summed E-state index contributed by atoms with van der Waals surface area (Å²) >= 11 is 14.6. The highest BCUT2D eigenvalue weighted by Crippen LogP contribution is 2.36. The molecule has 2 amide bonds. The number of amides is 2. The summed E-state index contributed by atoms with van der Waals surface area (Å²) in [6, 6.07) is 14.8. The van der Waals surface area contributed by atoms with Crippen molar-refractivity contribution in [2.45, 2.75) is 17.2 Å². The van der Waals surface area contributed by atoms with E-state index in [9.17, 15) is 14.9 Å². The van der Waals surface area contributed by atoms with E-state index in [-0.39, 0.29) is 29.9 Å². The van der Waals surface area contributed by atoms with Gasteiger partial charge in [0.25, 0.3) is 0 Å². The molecule has 5 nitrogen and oxygen atoms in total. The summed E-state index contributed by atoms with van der Waals surface area (Å²) < 4.78 is 0. The number of hydrogen-bond donors (Lipinski definition) is 2. The maximum atomic E-state index is 12.3. The van der Waals surface area contributed by atoms with Crippen LogP contribution in [0.4, 0.5) is 5.69 Å². The molecule has 0 bridgehead atoms. The highest BCUT2D eigenvalue weighted by Gasteiger charge is 2.29. The van der Waals surface area contributed by atoms with Gasteiger partial charge in [0, 0.05) is 22.9 Å². The summed E-state index contributed by atoms with van der Waals surface area (Å²) in [5.41, 5.74) is 1.88. The van der Waals surface area contributed by atoms with Crippen LogP contribution in [-0.2, 0) is 9.59 Å². The van der Waals surface area contributed by atoms with E-state index in [1.807, 2.05) is 30.5 Å². The van der Waals surface area contributed by atoms with Crippen molar-refractivity contribution in [1.82, 2.24) is 5.32 Å². The standard InChI is InChI=1S/C21H17Cl2N3O2S2/c1-29-14-5-2-12(3-6-14)15-9-19(27)26-21(16(15)10-24)30-11-20(28)25-13-4-7-17(22)18(23)8-13/h2-8,15H,9,11H2,1H3,(H,25,28)(H,26,27)/t15-/m1/s1. The Morgan fingerprint density at radius 2 is 1.97 bits per heavy atom. The van der Waals surface area contributed by atoms with Gasteiger partial charge in [0.15, 0.2) is 0 Å². The normalized spacial score (nSPS) is 16.1. The van der Waals surface area contributed by atoms with Crippen LogP contribution in [0.5, 0.6) is 0 Å². The van der Waals surface area contributed by atoms with Gasteiger partial charge in [-0.3, -0.25) is 9.59 Å². The molecule has 0 radical (unpaired) electrons. The third kappa shape index (κ3) is 5.52. The van der Waals surface area contributed by atoms with Gasteiger partial charge in [-0.2, -0.15) is 5.26 Å². The zero-order valence-electron chi connectivity index (χ0n) is 15.9. The third-order valence-electron chi connectivity index (χ3n) is 4.43. The minimum Gasteiger partial charge on any atom is -0.325 e. The summed E-state index contributed by atoms with van der Waals surface area (Å²) in [6.07, 6.45) is 2.18. The number of nitrogens with zero attached hydrogens (tertiary/aromatic N) is 1. The molecular formula is C21H17Cl2N3O2S2. The van der Waals surface area contributed by atoms with Crippen molar-refractivity contribution in [1.29, 1.82) is 5.26 Å². The zero-order valence-corrected chi connectivity index (χ0v) is 19.0. The van der Waals surface area contributed by atoms with Crippen molar-refractivity contribution in [2.24, 2.45) is 0 Å². The van der Waals surface area contributed by atoms with E-state index in [0.29, 0.717) is 26.3 Å². The molecule has 0 aliphatic carbocycles. The first-order chi connectivity index (χ1) is 14.4. The summed E-state index contributed by atoms with van der Waals surface area (Å²) in [6.45, 7) is 0. The first kappa shape index (κ1) is 22.6. The lowest BCUT2D eigenvalue weighted by atomic mass is 9.87. The van der Waals surface area contributed by atoms with E-state index < -0.39 is 0 Å². The summed E-state index contributed by atoms with van der Waals surface area (Å²) in [7, 11) is 0. The van der Waals surface area contributed by atoms with Crippen LogP contribution in [0.3, 0.4) is 0 Å². The smallest absolute Gasteiger partial charge is 0.234 e. The number of allylic oxidation sites excluding steroid dienone is 1. The number of carbonyl (C=O) groups excluding carboxylic acids is 2. The number of halogens is 2. The molecule has 0 saturated heterocycles. The molecule has 30 heavy (non-hydrogen) atoms. The fourth-order valence-corrected chi connectivity index (χ4v) is 4.55. The molecule has 9 heteroatoms. The fraction of sp³-hybridized carbons (Fsp3) is 0.190. The van der Waals surface area contributed by atoms with Crippen molar-refractivity contribution in [2.75, 3.05) is 17.3 Å². The van der Waals surface area contributed by atoms with Crippen molar-refractivity contribution < 1.29 is 9.59 Å². The van der Waals surface area contributed by atoms with Crippen LogP contribution in [0, 0.1) is 11.3 Å². The number of hydrogen-bond acceptors (Lipinski definition) is 5. The Balaban J connectivity index is 1.74. The Hall–Kier alpha value is -2.11. The fourth-order valence-electron chi connectivity index (χ4n) is 2.96. The molecule has 3 rings (SSSR count). The van der Waals surface area contributed by atoms with Gasteiger partial charge in [-0.15, -0.1) is 11.8 Å². The molecule has 0 saturated carbocycles. The number of nitrogens with one attached hydrogen (secondary N) is 2. The molecule has 0 aromatic heterocycles. The van der Waals surface area contributed by atoms with E-state index in [0.717, 1.165) is 22.2 Å². The molecule has 1 aliphatic heterocycles. The zero-order chi connectivity index (χ0) is 21.7. The Labute approximate surface area is 193 Å². The molecule has 2 aromatic carbocycles. The maximum absolute atomic E-state index is 12.3. The van der Waals surface area contributed by atoms with Crippen LogP contribution in [0.15, 0.2) is 58.0 Å². The maximum Gasteiger partial charge on any atom is 0.234 e. The van der Waals surface area contributed by atoms with Crippen LogP contribution >= 0.6 is 46.7 Å². The second kappa shape index (κ2) is 10.3. The minimum atomic E-state index is -0.333. The molecule has 1 aliphatic rings. The number of rotatable bonds is 6. The third-order valence-corrected chi connectivity index (χ3v) is 6.92. The number of nitriles is 1. The van der Waals surface area contributed by atoms with Crippen molar-refractivity contribution in [3.63, 3.8) is 0 Å². The second-order valence-electron chi connectivity index (χ2n) is 6.40. The van der Waals surface area contributed by atoms with Gasteiger partial charge < -0.3 is 10.6 Å². The minimum absolute atomic E-state index is 0.0270. The van der Waals surface area contributed by atoms with Gasteiger partial charge in [-0.1, -0.05) is 47.1 Å². The molecule has 2 aromatic rings. The van der Waals surface area contributed by atoms with E-state index in [1.54, 1.807) is 30.0 Å². The average molecular weight is 478 g/mol. The molecule has 0 spiro atoms. The first-order valence-electron chi connectivity index (χ1n) is 8.87. The molecule has 154 valence electrons. The van der Waals surface area contributed by atoms with E-state index >= 15 is 0 Å². The SMILES string of the molecule is CSc1ccc([C@H]2CC(=O)NC(SCC(=O)Nc3ccc(Cl)c(Cl)c3)=C2C#N)cc1. The predicted octanol–water partition coefficient (Wildman–Crippen LogP) is 5.43. The van der Waals surface area contributed by atoms with Crippen LogP contribution in [-0.4, -0.2) is 23.8 Å². The Bertz CT molecular complexity index is 1050. The van der Waals surface area contributed by atoms with E-state index in [2.05, 4.69) is 16.7 Å². The lowest BCUT2D eigenvalue weighted by molar-refractivity contribution is -0.121. The first-order valence-corrected chi connectivity index (χ1v) is 11.8. The molecule has 2 N–H and O–H groups in total. The van der Waals surface area contributed by atoms with Crippen LogP contribution in [0.25, 0.3) is 0 Å². The van der Waals surface area contributed by atoms with Crippen molar-refractivity contribution in [3.05, 3.63) is 68.7 Å². The van der Waals surface area contributed by atoms with Crippen LogP contribution in [0.1, 0.15) is 17.9 Å². The van der Waals surface area contributed by atoms with Gasteiger partial charge in [0.05, 0.1) is 32.5 Å². The van der Waals surface area contributed by atoms with Gasteiger partial charge in [0.1, 0.15) is 0 Å². The van der Waals surface area contributed by atoms with E-state index in [1.165, 1.54) is 0 Å². The van der Waals surface area contributed by atoms with Gasteiger partial charge in [-0.05, 0) is 42.2 Å². The quantitative estimate of drug-likeness (QED) is 0.542. The number of anilines is 1. The lowest BCUT2D eigenvalue weighted by Crippen LogP contribution is -2.31. The summed E-state index contributed by atoms with van der Waals surface area (Å²) in [4.78, 5) is 25.7. The molecular weight excluding hydrogens is 461 g/mol. The van der Waals surface area contributed by atoms with Crippen molar-refractivity contribution in [3.8, 4) is 6.07 Å². The summed E-state index contributed by atoms with van der Waals surface area (Å²) in [5.74, 6) is -0.774. The highest BCUT2D eigenvalue weighted by molar-refractivity contribution is 8.03. The number of thioether (sulfide) groups is 2. The Morgan fingerprint density at radius 3 is 2.60 bits per heavy atom. The molecule has 0 fully saturated rings. The average Bonchev–Trinajstić information content (AvgIpc) is 2.74.